The molecule has 1 aromatic rings. The molecular formula is C15H14O4Se. The molecule has 4 nitrogen and oxygen atoms in total. The van der Waals surface area contributed by atoms with Crippen molar-refractivity contribution in [3.8, 4) is 0 Å². The fraction of sp³-hybridized carbons (Fsp3) is 0.267. The topological polar surface area (TPSA) is 55.8 Å². The molecule has 1 unspecified atom stereocenters. The number of hydrogen-bond acceptors (Lipinski definition) is 3. The van der Waals surface area contributed by atoms with Crippen LogP contribution in [0.5, 0.6) is 0 Å². The minimum absolute atomic E-state index is 0.0750. The van der Waals surface area contributed by atoms with Gasteiger partial charge < -0.3 is 0 Å². The molecule has 1 aliphatic heterocycles. The zero-order chi connectivity index (χ0) is 14.0. The minimum atomic E-state index is -0.884. The number of aliphatic carboxylic acids is 1. The number of benzene rings is 1. The summed E-state index contributed by atoms with van der Waals surface area (Å²) in [6.45, 7) is 0.211. The van der Waals surface area contributed by atoms with Crippen LogP contribution in [0, 0.1) is 0 Å². The van der Waals surface area contributed by atoms with Crippen LogP contribution < -0.4 is 0 Å². The van der Waals surface area contributed by atoms with E-state index in [9.17, 15) is 9.90 Å². The monoisotopic (exact) mass is 338 g/mol. The fourth-order valence-corrected chi connectivity index (χ4v) is 4.88. The number of carbonyl (C=O) groups is 1. The molecule has 0 radical (unpaired) electrons. The first-order valence-corrected chi connectivity index (χ1v) is 8.36. The van der Waals surface area contributed by atoms with Crippen LogP contribution in [0.15, 0.2) is 53.8 Å². The predicted molar refractivity (Wildman–Crippen MR) is 74.1 cm³/mol. The third kappa shape index (κ3) is 2.52. The van der Waals surface area contributed by atoms with Gasteiger partial charge in [0.05, 0.1) is 0 Å². The molecule has 5 heteroatoms. The summed E-state index contributed by atoms with van der Waals surface area (Å²) in [6, 6.07) is 10.2. The maximum absolute atomic E-state index is 11.2. The standard InChI is InChI=1S/C15H14O4Se/c16-14(17)12-6-7-13-15(8-12,19-10-18-13)20-9-11-4-2-1-3-5-11/h1-7H,8-10H2,(H,16,17). The molecule has 0 aromatic heterocycles. The van der Waals surface area contributed by atoms with Crippen molar-refractivity contribution in [3.63, 3.8) is 0 Å². The number of hydrogen-bond donors (Lipinski definition) is 1. The zero-order valence-corrected chi connectivity index (χ0v) is 12.5. The zero-order valence-electron chi connectivity index (χ0n) is 10.7. The summed E-state index contributed by atoms with van der Waals surface area (Å²) in [5.41, 5.74) is 1.62. The van der Waals surface area contributed by atoms with Crippen LogP contribution in [0.4, 0.5) is 0 Å². The molecule has 1 fully saturated rings. The van der Waals surface area contributed by atoms with Gasteiger partial charge in [0.2, 0.25) is 0 Å². The molecule has 1 aliphatic carbocycles. The first-order valence-electron chi connectivity index (χ1n) is 6.29. The molecule has 0 bridgehead atoms. The molecule has 3 rings (SSSR count). The second-order valence-corrected chi connectivity index (χ2v) is 7.23. The molecule has 1 aromatic carbocycles. The molecule has 0 amide bonds. The Morgan fingerprint density at radius 3 is 2.85 bits per heavy atom. The van der Waals surface area contributed by atoms with E-state index in [0.717, 1.165) is 11.1 Å². The summed E-state index contributed by atoms with van der Waals surface area (Å²) in [4.78, 5) is 11.2. The second-order valence-electron chi connectivity index (χ2n) is 4.64. The van der Waals surface area contributed by atoms with Crippen LogP contribution >= 0.6 is 0 Å². The summed E-state index contributed by atoms with van der Waals surface area (Å²) in [7, 11) is 0. The molecule has 20 heavy (non-hydrogen) atoms. The molecular weight excluding hydrogens is 323 g/mol. The molecule has 1 N–H and O–H groups in total. The van der Waals surface area contributed by atoms with E-state index in [-0.39, 0.29) is 21.7 Å². The molecule has 0 spiro atoms. The number of carboxylic acid groups (broad SMARTS) is 1. The number of allylic oxidation sites excluding steroid dienone is 2. The normalized spacial score (nSPS) is 24.4. The van der Waals surface area contributed by atoms with E-state index in [2.05, 4.69) is 12.1 Å². The van der Waals surface area contributed by atoms with Crippen molar-refractivity contribution in [2.75, 3.05) is 6.79 Å². The van der Waals surface area contributed by atoms with Gasteiger partial charge in [-0.3, -0.25) is 0 Å². The average molecular weight is 337 g/mol. The van der Waals surface area contributed by atoms with E-state index >= 15 is 0 Å². The molecule has 104 valence electrons. The van der Waals surface area contributed by atoms with Gasteiger partial charge in [0, 0.05) is 0 Å². The third-order valence-corrected chi connectivity index (χ3v) is 6.28. The Bertz CT molecular complexity index is 579. The van der Waals surface area contributed by atoms with Crippen LogP contribution in [-0.2, 0) is 19.6 Å². The van der Waals surface area contributed by atoms with Gasteiger partial charge in [-0.05, 0) is 0 Å². The van der Waals surface area contributed by atoms with Crippen LogP contribution in [-0.4, -0.2) is 37.3 Å². The quantitative estimate of drug-likeness (QED) is 0.853. The van der Waals surface area contributed by atoms with Crippen molar-refractivity contribution in [1.82, 2.24) is 0 Å². The van der Waals surface area contributed by atoms with Crippen LogP contribution in [0.25, 0.3) is 0 Å². The van der Waals surface area contributed by atoms with Crippen molar-refractivity contribution in [3.05, 3.63) is 59.4 Å². The Morgan fingerprint density at radius 2 is 2.10 bits per heavy atom. The Kier molecular flexibility index (Phi) is 3.66. The summed E-state index contributed by atoms with van der Waals surface area (Å²) in [5, 5.41) is 10.1. The van der Waals surface area contributed by atoms with Gasteiger partial charge in [0.1, 0.15) is 0 Å². The number of fused-ring (bicyclic) bond motifs is 1. The van der Waals surface area contributed by atoms with Crippen molar-refractivity contribution >= 4 is 20.9 Å². The molecule has 1 saturated heterocycles. The molecule has 2 aliphatic rings. The van der Waals surface area contributed by atoms with Gasteiger partial charge in [0.15, 0.2) is 0 Å². The van der Waals surface area contributed by atoms with Crippen LogP contribution in [0.2, 0.25) is 0 Å². The van der Waals surface area contributed by atoms with Gasteiger partial charge in [-0.2, -0.15) is 0 Å². The summed E-state index contributed by atoms with van der Waals surface area (Å²) < 4.78 is 10.7. The summed E-state index contributed by atoms with van der Waals surface area (Å²) in [5.74, 6) is -0.107. The van der Waals surface area contributed by atoms with E-state index in [0.29, 0.717) is 12.0 Å². The van der Waals surface area contributed by atoms with Crippen LogP contribution in [0.1, 0.15) is 12.0 Å². The number of carboxylic acids is 1. The Labute approximate surface area is 123 Å². The maximum atomic E-state index is 11.2. The fourth-order valence-electron chi connectivity index (χ4n) is 2.25. The van der Waals surface area contributed by atoms with E-state index in [1.54, 1.807) is 12.2 Å². The second kappa shape index (κ2) is 5.44. The number of rotatable bonds is 4. The molecule has 1 heterocycles. The average Bonchev–Trinajstić information content (AvgIpc) is 2.89. The predicted octanol–water partition coefficient (Wildman–Crippen LogP) is 1.89. The SMILES string of the molecule is O=C(O)C1=CC=C2OCOC2([Se]Cc2ccccc2)C1. The van der Waals surface area contributed by atoms with E-state index < -0.39 is 10.5 Å². The van der Waals surface area contributed by atoms with Gasteiger partial charge in [0.25, 0.3) is 0 Å². The summed E-state index contributed by atoms with van der Waals surface area (Å²) >= 11 is 0.0750. The summed E-state index contributed by atoms with van der Waals surface area (Å²) in [6.07, 6.45) is 3.75. The first-order chi connectivity index (χ1) is 9.70. The van der Waals surface area contributed by atoms with E-state index in [1.807, 2.05) is 18.2 Å². The Hall–Kier alpha value is -1.55. The Balaban J connectivity index is 1.78. The van der Waals surface area contributed by atoms with Gasteiger partial charge >= 0.3 is 123 Å². The van der Waals surface area contributed by atoms with Gasteiger partial charge in [-0.1, -0.05) is 0 Å². The number of ether oxygens (including phenoxy) is 2. The Morgan fingerprint density at radius 1 is 1.30 bits per heavy atom. The van der Waals surface area contributed by atoms with E-state index in [1.165, 1.54) is 5.56 Å². The van der Waals surface area contributed by atoms with E-state index in [4.69, 9.17) is 9.47 Å². The van der Waals surface area contributed by atoms with Crippen molar-refractivity contribution < 1.29 is 19.4 Å². The van der Waals surface area contributed by atoms with Gasteiger partial charge in [-0.25, -0.2) is 0 Å². The van der Waals surface area contributed by atoms with Crippen molar-refractivity contribution in [1.29, 1.82) is 0 Å². The van der Waals surface area contributed by atoms with Crippen molar-refractivity contribution in [2.24, 2.45) is 0 Å². The van der Waals surface area contributed by atoms with Crippen LogP contribution in [0.3, 0.4) is 0 Å². The molecule has 1 atom stereocenters. The third-order valence-electron chi connectivity index (χ3n) is 3.33. The molecule has 0 saturated carbocycles. The van der Waals surface area contributed by atoms with Gasteiger partial charge in [-0.15, -0.1) is 0 Å². The van der Waals surface area contributed by atoms with Crippen molar-refractivity contribution in [2.45, 2.75) is 16.2 Å². The first kappa shape index (κ1) is 13.4.